The molecule has 0 aliphatic rings. The molecule has 0 atom stereocenters. The lowest BCUT2D eigenvalue weighted by Gasteiger charge is -2.07. The molecule has 0 aromatic heterocycles. The summed E-state index contributed by atoms with van der Waals surface area (Å²) in [5, 5.41) is 6.82. The summed E-state index contributed by atoms with van der Waals surface area (Å²) in [7, 11) is 0. The molecule has 2 heteroatoms. The van der Waals surface area contributed by atoms with E-state index in [1.165, 1.54) is 11.1 Å². The molecule has 0 bridgehead atoms. The van der Waals surface area contributed by atoms with Crippen molar-refractivity contribution in [2.45, 2.75) is 26.7 Å². The summed E-state index contributed by atoms with van der Waals surface area (Å²) in [6.07, 6.45) is 1.98. The van der Waals surface area contributed by atoms with Gasteiger partial charge in [-0.05, 0) is 30.0 Å². The van der Waals surface area contributed by atoms with Gasteiger partial charge in [0.2, 0.25) is 0 Å². The maximum absolute atomic E-state index is 6.82. The van der Waals surface area contributed by atoms with Crippen LogP contribution in [0.2, 0.25) is 0 Å². The van der Waals surface area contributed by atoms with Crippen LogP contribution in [0.1, 0.15) is 25.0 Å². The Bertz CT molecular complexity index is 336. The van der Waals surface area contributed by atoms with Crippen LogP contribution in [-0.2, 0) is 12.8 Å². The van der Waals surface area contributed by atoms with Crippen LogP contribution in [0.25, 0.3) is 0 Å². The normalized spacial score (nSPS) is 9.38. The van der Waals surface area contributed by atoms with E-state index in [1.54, 1.807) is 0 Å². The third kappa shape index (κ3) is 2.04. The first-order chi connectivity index (χ1) is 6.33. The quantitative estimate of drug-likeness (QED) is 0.683. The SMILES string of the molecule is CCc1cccc(N=C=N)c1CC. The summed E-state index contributed by atoms with van der Waals surface area (Å²) in [5.41, 5.74) is 3.45. The fraction of sp³-hybridized carbons (Fsp3) is 0.364. The molecule has 0 aliphatic carbocycles. The molecule has 0 saturated heterocycles. The van der Waals surface area contributed by atoms with Crippen molar-refractivity contribution >= 4 is 11.7 Å². The van der Waals surface area contributed by atoms with Gasteiger partial charge in [-0.3, -0.25) is 0 Å². The molecular weight excluding hydrogens is 160 g/mol. The number of benzene rings is 1. The third-order valence-corrected chi connectivity index (χ3v) is 2.16. The molecule has 0 spiro atoms. The second kappa shape index (κ2) is 4.58. The van der Waals surface area contributed by atoms with Gasteiger partial charge in [-0.2, -0.15) is 4.99 Å². The molecule has 1 N–H and O–H groups in total. The van der Waals surface area contributed by atoms with Gasteiger partial charge in [-0.1, -0.05) is 26.0 Å². The summed E-state index contributed by atoms with van der Waals surface area (Å²) in [6, 6.07) is 8.11. The predicted octanol–water partition coefficient (Wildman–Crippen LogP) is 3.20. The van der Waals surface area contributed by atoms with Gasteiger partial charge in [0.25, 0.3) is 0 Å². The number of hydrogen-bond donors (Lipinski definition) is 1. The lowest BCUT2D eigenvalue weighted by molar-refractivity contribution is 1.03. The third-order valence-electron chi connectivity index (χ3n) is 2.16. The van der Waals surface area contributed by atoms with E-state index in [0.29, 0.717) is 0 Å². The highest BCUT2D eigenvalue weighted by atomic mass is 14.7. The molecule has 0 heterocycles. The first-order valence-corrected chi connectivity index (χ1v) is 4.56. The van der Waals surface area contributed by atoms with Gasteiger partial charge in [-0.25, -0.2) is 5.41 Å². The van der Waals surface area contributed by atoms with Crippen molar-refractivity contribution in [3.05, 3.63) is 29.3 Å². The van der Waals surface area contributed by atoms with Crippen molar-refractivity contribution in [2.24, 2.45) is 4.99 Å². The molecule has 0 amide bonds. The Balaban J connectivity index is 3.26. The molecule has 13 heavy (non-hydrogen) atoms. The standard InChI is InChI=1S/C11H14N2/c1-3-9-6-5-7-11(13-8-12)10(9)4-2/h5-7,12H,3-4H2,1-2H3. The van der Waals surface area contributed by atoms with Crippen molar-refractivity contribution in [3.8, 4) is 0 Å². The average Bonchev–Trinajstić information content (AvgIpc) is 2.18. The minimum atomic E-state index is 0.886. The number of hydrogen-bond acceptors (Lipinski definition) is 2. The topological polar surface area (TPSA) is 36.2 Å². The zero-order valence-corrected chi connectivity index (χ0v) is 8.09. The Morgan fingerprint density at radius 1 is 1.31 bits per heavy atom. The van der Waals surface area contributed by atoms with E-state index in [2.05, 4.69) is 30.9 Å². The van der Waals surface area contributed by atoms with Crippen LogP contribution in [0.15, 0.2) is 23.2 Å². The predicted molar refractivity (Wildman–Crippen MR) is 55.0 cm³/mol. The van der Waals surface area contributed by atoms with Crippen molar-refractivity contribution in [2.75, 3.05) is 0 Å². The molecule has 1 aromatic rings. The minimum absolute atomic E-state index is 0.886. The highest BCUT2D eigenvalue weighted by Gasteiger charge is 2.03. The highest BCUT2D eigenvalue weighted by molar-refractivity contribution is 5.56. The maximum atomic E-state index is 6.82. The number of aliphatic imine (C=N–C) groups is 1. The lowest BCUT2D eigenvalue weighted by atomic mass is 10.0. The summed E-state index contributed by atoms with van der Waals surface area (Å²) in [4.78, 5) is 3.90. The van der Waals surface area contributed by atoms with Crippen molar-refractivity contribution in [3.63, 3.8) is 0 Å². The van der Waals surface area contributed by atoms with Crippen LogP contribution in [0, 0.1) is 5.41 Å². The van der Waals surface area contributed by atoms with E-state index in [9.17, 15) is 0 Å². The first-order valence-electron chi connectivity index (χ1n) is 4.56. The fourth-order valence-corrected chi connectivity index (χ4v) is 1.53. The molecule has 1 rings (SSSR count). The second-order valence-corrected chi connectivity index (χ2v) is 2.85. The molecule has 68 valence electrons. The number of rotatable bonds is 3. The minimum Gasteiger partial charge on any atom is -0.241 e. The highest BCUT2D eigenvalue weighted by Crippen LogP contribution is 2.23. The van der Waals surface area contributed by atoms with E-state index >= 15 is 0 Å². The lowest BCUT2D eigenvalue weighted by Crippen LogP contribution is -1.90. The summed E-state index contributed by atoms with van der Waals surface area (Å²) < 4.78 is 0. The molecule has 1 aromatic carbocycles. The van der Waals surface area contributed by atoms with Crippen molar-refractivity contribution in [1.29, 1.82) is 5.41 Å². The van der Waals surface area contributed by atoms with E-state index in [0.717, 1.165) is 18.5 Å². The molecule has 0 radical (unpaired) electrons. The fourth-order valence-electron chi connectivity index (χ4n) is 1.53. The zero-order chi connectivity index (χ0) is 9.68. The van der Waals surface area contributed by atoms with Crippen LogP contribution in [0.5, 0.6) is 0 Å². The molecule has 0 saturated carbocycles. The van der Waals surface area contributed by atoms with Gasteiger partial charge >= 0.3 is 0 Å². The Kier molecular flexibility index (Phi) is 3.41. The molecule has 0 aliphatic heterocycles. The second-order valence-electron chi connectivity index (χ2n) is 2.85. The van der Waals surface area contributed by atoms with Crippen LogP contribution >= 0.6 is 0 Å². The molecule has 0 fully saturated rings. The van der Waals surface area contributed by atoms with Gasteiger partial charge in [0.05, 0.1) is 11.7 Å². The summed E-state index contributed by atoms with van der Waals surface area (Å²) in [6.45, 7) is 4.24. The van der Waals surface area contributed by atoms with Crippen LogP contribution in [-0.4, -0.2) is 6.01 Å². The van der Waals surface area contributed by atoms with Crippen LogP contribution in [0.4, 0.5) is 5.69 Å². The van der Waals surface area contributed by atoms with Gasteiger partial charge in [-0.15, -0.1) is 0 Å². The van der Waals surface area contributed by atoms with Crippen molar-refractivity contribution < 1.29 is 0 Å². The van der Waals surface area contributed by atoms with E-state index in [4.69, 9.17) is 5.41 Å². The summed E-state index contributed by atoms with van der Waals surface area (Å²) >= 11 is 0. The maximum Gasteiger partial charge on any atom is 0.0918 e. The largest absolute Gasteiger partial charge is 0.241 e. The summed E-state index contributed by atoms with van der Waals surface area (Å²) in [5.74, 6) is 0. The molecule has 0 unspecified atom stereocenters. The van der Waals surface area contributed by atoms with Crippen LogP contribution < -0.4 is 0 Å². The number of nitrogens with one attached hydrogen (secondary N) is 1. The Labute approximate surface area is 78.8 Å². The van der Waals surface area contributed by atoms with E-state index in [1.807, 2.05) is 12.1 Å². The van der Waals surface area contributed by atoms with Crippen molar-refractivity contribution in [1.82, 2.24) is 0 Å². The van der Waals surface area contributed by atoms with Gasteiger partial charge in [0, 0.05) is 0 Å². The monoisotopic (exact) mass is 174 g/mol. The molecular formula is C11H14N2. The molecule has 2 nitrogen and oxygen atoms in total. The zero-order valence-electron chi connectivity index (χ0n) is 8.09. The number of nitrogens with zero attached hydrogens (tertiary/aromatic N) is 1. The Hall–Kier alpha value is -1.40. The van der Waals surface area contributed by atoms with Gasteiger partial charge < -0.3 is 0 Å². The van der Waals surface area contributed by atoms with Gasteiger partial charge in [0.1, 0.15) is 0 Å². The van der Waals surface area contributed by atoms with E-state index in [-0.39, 0.29) is 0 Å². The average molecular weight is 174 g/mol. The Morgan fingerprint density at radius 2 is 2.08 bits per heavy atom. The Morgan fingerprint density at radius 3 is 2.62 bits per heavy atom. The smallest absolute Gasteiger partial charge is 0.0918 e. The number of aryl methyl sites for hydroxylation is 1. The first kappa shape index (κ1) is 9.69. The van der Waals surface area contributed by atoms with E-state index < -0.39 is 0 Å². The van der Waals surface area contributed by atoms with Crippen LogP contribution in [0.3, 0.4) is 0 Å². The van der Waals surface area contributed by atoms with Gasteiger partial charge in [0.15, 0.2) is 0 Å².